The molecule has 0 aliphatic rings. The van der Waals surface area contributed by atoms with Gasteiger partial charge < -0.3 is 4.74 Å². The van der Waals surface area contributed by atoms with Gasteiger partial charge in [0.05, 0.1) is 11.9 Å². The van der Waals surface area contributed by atoms with Gasteiger partial charge in [0.15, 0.2) is 0 Å². The lowest BCUT2D eigenvalue weighted by Gasteiger charge is -2.24. The predicted molar refractivity (Wildman–Crippen MR) is 92.1 cm³/mol. The molecule has 0 unspecified atom stereocenters. The van der Waals surface area contributed by atoms with Gasteiger partial charge >= 0.3 is 0 Å². The molecule has 0 atom stereocenters. The molecule has 0 aromatic carbocycles. The number of nitrogens with one attached hydrogen (secondary N) is 1. The van der Waals surface area contributed by atoms with Crippen LogP contribution in [0.5, 0.6) is 0 Å². The Bertz CT molecular complexity index is 574. The van der Waals surface area contributed by atoms with E-state index in [1.807, 2.05) is 24.5 Å². The summed E-state index contributed by atoms with van der Waals surface area (Å²) in [5.74, 6) is 0. The zero-order valence-electron chi connectivity index (χ0n) is 14.7. The third kappa shape index (κ3) is 5.44. The highest BCUT2D eigenvalue weighted by Crippen LogP contribution is 2.24. The van der Waals surface area contributed by atoms with Gasteiger partial charge in [-0.05, 0) is 18.6 Å². The first-order valence-electron chi connectivity index (χ1n) is 8.14. The summed E-state index contributed by atoms with van der Waals surface area (Å²) in [6.45, 7) is 10.1. The summed E-state index contributed by atoms with van der Waals surface area (Å²) in [4.78, 5) is 6.86. The molecule has 0 radical (unpaired) electrons. The van der Waals surface area contributed by atoms with E-state index in [-0.39, 0.29) is 5.41 Å². The number of hydrogen-bond donors (Lipinski definition) is 1. The minimum absolute atomic E-state index is 0.0645. The molecule has 0 amide bonds. The number of aromatic amines is 1. The van der Waals surface area contributed by atoms with Crippen molar-refractivity contribution in [3.63, 3.8) is 0 Å². The smallest absolute Gasteiger partial charge is 0.0544 e. The summed E-state index contributed by atoms with van der Waals surface area (Å²) in [5.41, 5.74) is 3.61. The summed E-state index contributed by atoms with van der Waals surface area (Å²) in [7, 11) is 1.75. The summed E-state index contributed by atoms with van der Waals surface area (Å²) >= 11 is 0. The van der Waals surface area contributed by atoms with E-state index in [0.717, 1.165) is 38.4 Å². The van der Waals surface area contributed by atoms with Crippen molar-refractivity contribution >= 4 is 0 Å². The molecule has 0 bridgehead atoms. The summed E-state index contributed by atoms with van der Waals surface area (Å²) in [5, 5.41) is 7.42. The van der Waals surface area contributed by atoms with Crippen LogP contribution in [0.1, 0.15) is 44.1 Å². The Morgan fingerprint density at radius 1 is 1.22 bits per heavy atom. The van der Waals surface area contributed by atoms with Crippen LogP contribution in [0.4, 0.5) is 0 Å². The summed E-state index contributed by atoms with van der Waals surface area (Å²) in [6, 6.07) is 6.06. The highest BCUT2D eigenvalue weighted by atomic mass is 16.5. The Labute approximate surface area is 139 Å². The van der Waals surface area contributed by atoms with Gasteiger partial charge in [0.1, 0.15) is 0 Å². The third-order valence-corrected chi connectivity index (χ3v) is 3.80. The lowest BCUT2D eigenvalue weighted by molar-refractivity contribution is 0.165. The number of aromatic nitrogens is 3. The Morgan fingerprint density at radius 3 is 2.70 bits per heavy atom. The van der Waals surface area contributed by atoms with Gasteiger partial charge in [0.2, 0.25) is 0 Å². The lowest BCUT2D eigenvalue weighted by atomic mass is 9.89. The standard InChI is InChI=1S/C18H28N4O/c1-18(2,3)17-15(12-20-21-17)13-22(10-7-11-23-4)14-16-8-5-6-9-19-16/h5-6,8-9,12H,7,10-11,13-14H2,1-4H3,(H,20,21). The van der Waals surface area contributed by atoms with E-state index >= 15 is 0 Å². The van der Waals surface area contributed by atoms with Crippen molar-refractivity contribution in [3.05, 3.63) is 47.5 Å². The Kier molecular flexibility index (Phi) is 6.30. The normalized spacial score (nSPS) is 12.0. The van der Waals surface area contributed by atoms with Gasteiger partial charge in [-0.25, -0.2) is 0 Å². The largest absolute Gasteiger partial charge is 0.385 e. The predicted octanol–water partition coefficient (Wildman–Crippen LogP) is 3.14. The molecule has 126 valence electrons. The second-order valence-electron chi connectivity index (χ2n) is 6.90. The lowest BCUT2D eigenvalue weighted by Crippen LogP contribution is -2.27. The van der Waals surface area contributed by atoms with Crippen molar-refractivity contribution in [1.29, 1.82) is 0 Å². The molecule has 2 aromatic rings. The fourth-order valence-electron chi connectivity index (χ4n) is 2.69. The van der Waals surface area contributed by atoms with Crippen molar-refractivity contribution < 1.29 is 4.74 Å². The molecule has 0 aliphatic heterocycles. The SMILES string of the molecule is COCCCN(Cc1ccccn1)Cc1cn[nH]c1C(C)(C)C. The highest BCUT2D eigenvalue weighted by Gasteiger charge is 2.21. The molecule has 0 spiro atoms. The number of rotatable bonds is 8. The monoisotopic (exact) mass is 316 g/mol. The zero-order valence-corrected chi connectivity index (χ0v) is 14.7. The average Bonchev–Trinajstić information content (AvgIpc) is 2.97. The van der Waals surface area contributed by atoms with Crippen molar-refractivity contribution in [3.8, 4) is 0 Å². The summed E-state index contributed by atoms with van der Waals surface area (Å²) in [6.07, 6.45) is 4.80. The number of nitrogens with zero attached hydrogens (tertiary/aromatic N) is 3. The topological polar surface area (TPSA) is 54.0 Å². The molecule has 1 N–H and O–H groups in total. The minimum atomic E-state index is 0.0645. The maximum atomic E-state index is 5.19. The van der Waals surface area contributed by atoms with Gasteiger partial charge in [-0.1, -0.05) is 26.8 Å². The zero-order chi connectivity index (χ0) is 16.7. The van der Waals surface area contributed by atoms with E-state index in [1.165, 1.54) is 11.3 Å². The maximum Gasteiger partial charge on any atom is 0.0544 e. The second-order valence-corrected chi connectivity index (χ2v) is 6.90. The number of ether oxygens (including phenoxy) is 1. The van der Waals surface area contributed by atoms with Crippen LogP contribution in [-0.2, 0) is 23.2 Å². The molecule has 2 heterocycles. The van der Waals surface area contributed by atoms with Crippen LogP contribution >= 0.6 is 0 Å². The minimum Gasteiger partial charge on any atom is -0.385 e. The quantitative estimate of drug-likeness (QED) is 0.760. The number of methoxy groups -OCH3 is 1. The van der Waals surface area contributed by atoms with Crippen LogP contribution in [0.15, 0.2) is 30.6 Å². The first-order valence-corrected chi connectivity index (χ1v) is 8.14. The van der Waals surface area contributed by atoms with E-state index in [9.17, 15) is 0 Å². The Balaban J connectivity index is 2.09. The van der Waals surface area contributed by atoms with Gasteiger partial charge in [0, 0.05) is 56.2 Å². The first kappa shape index (κ1) is 17.6. The number of H-pyrrole nitrogens is 1. The van der Waals surface area contributed by atoms with Gasteiger partial charge in [0.25, 0.3) is 0 Å². The number of hydrogen-bond acceptors (Lipinski definition) is 4. The van der Waals surface area contributed by atoms with Gasteiger partial charge in [-0.15, -0.1) is 0 Å². The van der Waals surface area contributed by atoms with Crippen molar-refractivity contribution in [2.45, 2.75) is 45.7 Å². The van der Waals surface area contributed by atoms with E-state index in [0.29, 0.717) is 0 Å². The molecule has 0 aliphatic carbocycles. The van der Waals surface area contributed by atoms with Crippen molar-refractivity contribution in [1.82, 2.24) is 20.1 Å². The molecule has 23 heavy (non-hydrogen) atoms. The number of pyridine rings is 1. The Hall–Kier alpha value is -1.72. The fraction of sp³-hybridized carbons (Fsp3) is 0.556. The van der Waals surface area contributed by atoms with Gasteiger partial charge in [-0.2, -0.15) is 5.10 Å². The van der Waals surface area contributed by atoms with Gasteiger partial charge in [-0.3, -0.25) is 15.0 Å². The van der Waals surface area contributed by atoms with Crippen LogP contribution in [-0.4, -0.2) is 40.3 Å². The maximum absolute atomic E-state index is 5.19. The van der Waals surface area contributed by atoms with Crippen LogP contribution < -0.4 is 0 Å². The molecular weight excluding hydrogens is 288 g/mol. The molecule has 2 rings (SSSR count). The molecular formula is C18H28N4O. The van der Waals surface area contributed by atoms with Crippen molar-refractivity contribution in [2.75, 3.05) is 20.3 Å². The van der Waals surface area contributed by atoms with E-state index in [1.54, 1.807) is 7.11 Å². The van der Waals surface area contributed by atoms with Crippen molar-refractivity contribution in [2.24, 2.45) is 0 Å². The fourth-order valence-corrected chi connectivity index (χ4v) is 2.69. The first-order chi connectivity index (χ1) is 11.0. The molecule has 5 nitrogen and oxygen atoms in total. The molecule has 0 fully saturated rings. The highest BCUT2D eigenvalue weighted by molar-refractivity contribution is 5.23. The molecule has 5 heteroatoms. The van der Waals surface area contributed by atoms with E-state index in [4.69, 9.17) is 4.74 Å². The van der Waals surface area contributed by atoms with Crippen LogP contribution in [0.25, 0.3) is 0 Å². The average molecular weight is 316 g/mol. The Morgan fingerprint density at radius 2 is 2.04 bits per heavy atom. The van der Waals surface area contributed by atoms with E-state index in [2.05, 4.69) is 46.9 Å². The molecule has 0 saturated heterocycles. The van der Waals surface area contributed by atoms with Crippen LogP contribution in [0.2, 0.25) is 0 Å². The summed E-state index contributed by atoms with van der Waals surface area (Å²) < 4.78 is 5.19. The van der Waals surface area contributed by atoms with Crippen LogP contribution in [0, 0.1) is 0 Å². The second kappa shape index (κ2) is 8.22. The molecule has 2 aromatic heterocycles. The van der Waals surface area contributed by atoms with E-state index < -0.39 is 0 Å². The van der Waals surface area contributed by atoms with Crippen LogP contribution in [0.3, 0.4) is 0 Å². The third-order valence-electron chi connectivity index (χ3n) is 3.80. The molecule has 0 saturated carbocycles.